The van der Waals surface area contributed by atoms with Crippen LogP contribution in [0.25, 0.3) is 75.9 Å². The van der Waals surface area contributed by atoms with Gasteiger partial charge in [0.1, 0.15) is 0 Å². The molecular formula is C52H36N2S. The molecule has 0 spiro atoms. The van der Waals surface area contributed by atoms with Crippen molar-refractivity contribution in [3.8, 4) is 27.9 Å². The van der Waals surface area contributed by atoms with Gasteiger partial charge in [0.05, 0.1) is 21.6 Å². The molecule has 0 aliphatic heterocycles. The van der Waals surface area contributed by atoms with Gasteiger partial charge in [0.25, 0.3) is 0 Å². The third-order valence-electron chi connectivity index (χ3n) is 11.3. The number of hydrogen-bond donors (Lipinski definition) is 0. The van der Waals surface area contributed by atoms with Crippen LogP contribution in [0.3, 0.4) is 0 Å². The van der Waals surface area contributed by atoms with E-state index < -0.39 is 0 Å². The van der Waals surface area contributed by atoms with Gasteiger partial charge < -0.3 is 9.47 Å². The first-order chi connectivity index (χ1) is 27.3. The average Bonchev–Trinajstić information content (AvgIpc) is 3.81. The second-order valence-electron chi connectivity index (χ2n) is 14.4. The summed E-state index contributed by atoms with van der Waals surface area (Å²) in [6.07, 6.45) is 6.79. The summed E-state index contributed by atoms with van der Waals surface area (Å²) >= 11 is 1.87. The second kappa shape index (κ2) is 13.0. The predicted octanol–water partition coefficient (Wildman–Crippen LogP) is 14.9. The molecule has 3 heteroatoms. The first kappa shape index (κ1) is 31.8. The Hall–Kier alpha value is -6.68. The van der Waals surface area contributed by atoms with Crippen molar-refractivity contribution in [3.05, 3.63) is 199 Å². The zero-order valence-electron chi connectivity index (χ0n) is 30.2. The minimum absolute atomic E-state index is 1.07. The van der Waals surface area contributed by atoms with E-state index in [1.165, 1.54) is 86.7 Å². The third-order valence-corrected chi connectivity index (χ3v) is 12.5. The van der Waals surface area contributed by atoms with Crippen LogP contribution >= 0.6 is 11.3 Å². The summed E-state index contributed by atoms with van der Waals surface area (Å²) in [4.78, 5) is 2.43. The summed E-state index contributed by atoms with van der Waals surface area (Å²) in [6, 6.07) is 66.7. The van der Waals surface area contributed by atoms with E-state index in [2.05, 4.69) is 204 Å². The van der Waals surface area contributed by atoms with Gasteiger partial charge in [0.2, 0.25) is 0 Å². The lowest BCUT2D eigenvalue weighted by atomic mass is 9.98. The molecule has 0 atom stereocenters. The van der Waals surface area contributed by atoms with E-state index in [1.54, 1.807) is 0 Å². The molecule has 0 saturated carbocycles. The van der Waals surface area contributed by atoms with Gasteiger partial charge in [0.15, 0.2) is 0 Å². The van der Waals surface area contributed by atoms with Crippen LogP contribution < -0.4 is 4.90 Å². The van der Waals surface area contributed by atoms with Crippen molar-refractivity contribution < 1.29 is 0 Å². The normalized spacial score (nSPS) is 12.5. The monoisotopic (exact) mass is 720 g/mol. The topological polar surface area (TPSA) is 8.17 Å². The third kappa shape index (κ3) is 5.23. The lowest BCUT2D eigenvalue weighted by Crippen LogP contribution is -2.10. The summed E-state index contributed by atoms with van der Waals surface area (Å²) in [6.45, 7) is 0. The SMILES string of the molecule is C1=Cc2c(c3ccccc3n2-c2ccccc2-c2ccc(N(c3ccc(-c4cccc5ccccc45)cc3)c3cccc4c3sc3ccccc34)cc2)CC1. The van der Waals surface area contributed by atoms with Crippen molar-refractivity contribution in [2.75, 3.05) is 4.90 Å². The highest BCUT2D eigenvalue weighted by Gasteiger charge is 2.22. The van der Waals surface area contributed by atoms with E-state index in [1.807, 2.05) is 11.3 Å². The molecule has 1 aliphatic rings. The van der Waals surface area contributed by atoms with Crippen LogP contribution in [0.1, 0.15) is 17.7 Å². The molecule has 55 heavy (non-hydrogen) atoms. The molecule has 2 aromatic heterocycles. The lowest BCUT2D eigenvalue weighted by molar-refractivity contribution is 0.968. The fourth-order valence-electron chi connectivity index (χ4n) is 8.75. The van der Waals surface area contributed by atoms with Crippen LogP contribution in [0, 0.1) is 0 Å². The van der Waals surface area contributed by atoms with Gasteiger partial charge in [-0.25, -0.2) is 0 Å². The fourth-order valence-corrected chi connectivity index (χ4v) is 9.96. The number of fused-ring (bicyclic) bond motifs is 7. The number of para-hydroxylation sites is 2. The maximum Gasteiger partial charge on any atom is 0.0640 e. The molecule has 2 heterocycles. The van der Waals surface area contributed by atoms with Gasteiger partial charge in [-0.05, 0) is 100 Å². The van der Waals surface area contributed by atoms with Crippen molar-refractivity contribution in [3.63, 3.8) is 0 Å². The van der Waals surface area contributed by atoms with Gasteiger partial charge in [-0.2, -0.15) is 0 Å². The van der Waals surface area contributed by atoms with Gasteiger partial charge >= 0.3 is 0 Å². The Morgan fingerprint density at radius 2 is 1.11 bits per heavy atom. The fraction of sp³-hybridized carbons (Fsp3) is 0.0385. The lowest BCUT2D eigenvalue weighted by Gasteiger charge is -2.27. The van der Waals surface area contributed by atoms with E-state index in [9.17, 15) is 0 Å². The van der Waals surface area contributed by atoms with Gasteiger partial charge in [-0.15, -0.1) is 11.3 Å². The zero-order chi connectivity index (χ0) is 36.3. The molecule has 0 saturated heterocycles. The van der Waals surface area contributed by atoms with Crippen molar-refractivity contribution in [2.24, 2.45) is 0 Å². The summed E-state index contributed by atoms with van der Waals surface area (Å²) in [5.74, 6) is 0. The molecule has 0 radical (unpaired) electrons. The first-order valence-corrected chi connectivity index (χ1v) is 19.9. The Morgan fingerprint density at radius 3 is 1.95 bits per heavy atom. The summed E-state index contributed by atoms with van der Waals surface area (Å²) in [5.41, 5.74) is 13.5. The van der Waals surface area contributed by atoms with E-state index in [-0.39, 0.29) is 0 Å². The Morgan fingerprint density at radius 1 is 0.491 bits per heavy atom. The van der Waals surface area contributed by atoms with E-state index in [4.69, 9.17) is 0 Å². The molecule has 10 aromatic rings. The van der Waals surface area contributed by atoms with Crippen LogP contribution in [0.15, 0.2) is 188 Å². The summed E-state index contributed by atoms with van der Waals surface area (Å²) in [7, 11) is 0. The number of nitrogens with zero attached hydrogens (tertiary/aromatic N) is 2. The highest BCUT2D eigenvalue weighted by Crippen LogP contribution is 2.46. The predicted molar refractivity (Wildman–Crippen MR) is 237 cm³/mol. The van der Waals surface area contributed by atoms with Crippen molar-refractivity contribution in [2.45, 2.75) is 12.8 Å². The molecule has 0 N–H and O–H groups in total. The number of aryl methyl sites for hydroxylation is 1. The molecule has 0 bridgehead atoms. The number of allylic oxidation sites excluding steroid dienone is 1. The molecule has 260 valence electrons. The van der Waals surface area contributed by atoms with Crippen LogP contribution in [-0.4, -0.2) is 4.57 Å². The molecule has 1 aliphatic carbocycles. The second-order valence-corrected chi connectivity index (χ2v) is 15.4. The minimum Gasteiger partial charge on any atom is -0.309 e. The number of anilines is 3. The number of hydrogen-bond acceptors (Lipinski definition) is 2. The van der Waals surface area contributed by atoms with E-state index >= 15 is 0 Å². The molecule has 2 nitrogen and oxygen atoms in total. The number of aromatic nitrogens is 1. The first-order valence-electron chi connectivity index (χ1n) is 19.1. The highest BCUT2D eigenvalue weighted by atomic mass is 32.1. The molecule has 0 fully saturated rings. The Labute approximate surface area is 324 Å². The van der Waals surface area contributed by atoms with Crippen LogP contribution in [0.2, 0.25) is 0 Å². The zero-order valence-corrected chi connectivity index (χ0v) is 31.0. The van der Waals surface area contributed by atoms with Gasteiger partial charge in [-0.1, -0.05) is 140 Å². The quantitative estimate of drug-likeness (QED) is 0.166. The number of benzene rings is 8. The van der Waals surface area contributed by atoms with Crippen molar-refractivity contribution in [1.29, 1.82) is 0 Å². The van der Waals surface area contributed by atoms with Crippen LogP contribution in [0.5, 0.6) is 0 Å². The van der Waals surface area contributed by atoms with E-state index in [0.29, 0.717) is 0 Å². The highest BCUT2D eigenvalue weighted by molar-refractivity contribution is 7.26. The molecule has 0 amide bonds. The Kier molecular flexibility index (Phi) is 7.53. The molecule has 0 unspecified atom stereocenters. The molecule has 11 rings (SSSR count). The largest absolute Gasteiger partial charge is 0.309 e. The minimum atomic E-state index is 1.07. The van der Waals surface area contributed by atoms with E-state index in [0.717, 1.165) is 24.2 Å². The Balaban J connectivity index is 1.05. The molecule has 8 aromatic carbocycles. The maximum atomic E-state index is 2.47. The van der Waals surface area contributed by atoms with Gasteiger partial charge in [-0.3, -0.25) is 0 Å². The smallest absolute Gasteiger partial charge is 0.0640 e. The maximum absolute atomic E-state index is 2.47. The van der Waals surface area contributed by atoms with Crippen molar-refractivity contribution >= 4 is 76.3 Å². The Bertz CT molecular complexity index is 3080. The summed E-state index contributed by atoms with van der Waals surface area (Å²) < 4.78 is 5.06. The molecular weight excluding hydrogens is 685 g/mol. The van der Waals surface area contributed by atoms with Crippen LogP contribution in [0.4, 0.5) is 17.1 Å². The summed E-state index contributed by atoms with van der Waals surface area (Å²) in [5, 5.41) is 6.47. The van der Waals surface area contributed by atoms with Gasteiger partial charge in [0, 0.05) is 43.5 Å². The standard InChI is InChI=1S/C52H36N2S/c1-2-15-40-35(13-1)14-11-20-41(40)36-27-31-38(32-28-36)53(50-25-12-21-46-45-19-6-10-26-51(45)55-52(46)50)39-33-29-37(30-34-39)42-16-3-7-22-47(42)54-48-23-8-4-17-43(48)44-18-5-9-24-49(44)54/h1-4,6-17,19-34H,5,18H2. The van der Waals surface area contributed by atoms with Crippen molar-refractivity contribution in [1.82, 2.24) is 4.57 Å². The number of thiophene rings is 1. The van der Waals surface area contributed by atoms with Crippen LogP contribution in [-0.2, 0) is 6.42 Å². The average molecular weight is 721 g/mol. The number of rotatable bonds is 6.